The van der Waals surface area contributed by atoms with E-state index >= 15 is 0 Å². The van der Waals surface area contributed by atoms with Crippen molar-refractivity contribution in [3.8, 4) is 0 Å². The Morgan fingerprint density at radius 3 is 2.21 bits per heavy atom. The molecule has 2 saturated heterocycles. The molecule has 0 aromatic carbocycles. The van der Waals surface area contributed by atoms with Gasteiger partial charge in [-0.25, -0.2) is 0 Å². The van der Waals surface area contributed by atoms with E-state index in [0.717, 1.165) is 25.9 Å². The van der Waals surface area contributed by atoms with E-state index in [2.05, 4.69) is 9.80 Å². The molecule has 0 aromatic rings. The van der Waals surface area contributed by atoms with E-state index in [-0.39, 0.29) is 12.5 Å². The minimum Gasteiger partial charge on any atom is -0.481 e. The molecule has 0 spiro atoms. The average molecular weight is 270 g/mol. The molecule has 0 amide bonds. The van der Waals surface area contributed by atoms with Crippen LogP contribution >= 0.6 is 0 Å². The largest absolute Gasteiger partial charge is 0.481 e. The number of likely N-dealkylation sites (tertiary alicyclic amines) is 2. The normalized spacial score (nSPS) is 22.9. The lowest BCUT2D eigenvalue weighted by Crippen LogP contribution is -2.41. The summed E-state index contributed by atoms with van der Waals surface area (Å²) in [6.07, 6.45) is 5.19. The molecule has 0 aromatic heterocycles. The third kappa shape index (κ3) is 5.47. The molecule has 0 unspecified atom stereocenters. The Hall–Kier alpha value is -0.650. The highest BCUT2D eigenvalue weighted by atomic mass is 16.5. The lowest BCUT2D eigenvalue weighted by molar-refractivity contribution is -0.138. The number of hydrogen-bond acceptors (Lipinski definition) is 4. The standard InChI is InChI=1S/C14H26N2O3/c17-14(18)5-12-19-13-3-8-16(9-4-13)11-10-15-6-1-2-7-15/h13H,1-12H2,(H,17,18). The molecule has 2 aliphatic heterocycles. The molecule has 0 aliphatic carbocycles. The van der Waals surface area contributed by atoms with E-state index in [9.17, 15) is 4.79 Å². The van der Waals surface area contributed by atoms with E-state index in [0.29, 0.717) is 6.61 Å². The first-order valence-electron chi connectivity index (χ1n) is 7.52. The molecule has 5 nitrogen and oxygen atoms in total. The van der Waals surface area contributed by atoms with Gasteiger partial charge >= 0.3 is 5.97 Å². The minimum atomic E-state index is -0.775. The Balaban J connectivity index is 1.53. The third-order valence-corrected chi connectivity index (χ3v) is 4.14. The Morgan fingerprint density at radius 2 is 1.63 bits per heavy atom. The Kier molecular flexibility index (Phi) is 6.07. The number of ether oxygens (including phenoxy) is 1. The molecule has 0 atom stereocenters. The average Bonchev–Trinajstić information content (AvgIpc) is 2.90. The molecule has 19 heavy (non-hydrogen) atoms. The van der Waals surface area contributed by atoms with Crippen molar-refractivity contribution >= 4 is 5.97 Å². The molecule has 0 bridgehead atoms. The van der Waals surface area contributed by atoms with Crippen LogP contribution in [0.15, 0.2) is 0 Å². The second-order valence-corrected chi connectivity index (χ2v) is 5.60. The predicted octanol–water partition coefficient (Wildman–Crippen LogP) is 1.04. The Morgan fingerprint density at radius 1 is 1.05 bits per heavy atom. The molecule has 5 heteroatoms. The van der Waals surface area contributed by atoms with Crippen molar-refractivity contribution in [3.63, 3.8) is 0 Å². The predicted molar refractivity (Wildman–Crippen MR) is 73.3 cm³/mol. The lowest BCUT2D eigenvalue weighted by atomic mass is 10.1. The van der Waals surface area contributed by atoms with Crippen molar-refractivity contribution in [3.05, 3.63) is 0 Å². The maximum absolute atomic E-state index is 10.4. The molecule has 1 N–H and O–H groups in total. The summed E-state index contributed by atoms with van der Waals surface area (Å²) in [5.41, 5.74) is 0. The van der Waals surface area contributed by atoms with Crippen molar-refractivity contribution in [2.45, 2.75) is 38.2 Å². The number of hydrogen-bond donors (Lipinski definition) is 1. The number of carboxylic acids is 1. The van der Waals surface area contributed by atoms with Gasteiger partial charge in [-0.3, -0.25) is 4.79 Å². The minimum absolute atomic E-state index is 0.120. The van der Waals surface area contributed by atoms with Crippen LogP contribution in [-0.2, 0) is 9.53 Å². The van der Waals surface area contributed by atoms with Crippen LogP contribution in [0.1, 0.15) is 32.1 Å². The van der Waals surface area contributed by atoms with Crippen molar-refractivity contribution in [1.82, 2.24) is 9.80 Å². The molecule has 0 saturated carbocycles. The number of aliphatic carboxylic acids is 1. The topological polar surface area (TPSA) is 53.0 Å². The summed E-state index contributed by atoms with van der Waals surface area (Å²) in [7, 11) is 0. The van der Waals surface area contributed by atoms with Gasteiger partial charge in [-0.2, -0.15) is 0 Å². The molecule has 0 radical (unpaired) electrons. The van der Waals surface area contributed by atoms with Crippen LogP contribution in [0.3, 0.4) is 0 Å². The van der Waals surface area contributed by atoms with E-state index < -0.39 is 5.97 Å². The number of carbonyl (C=O) groups is 1. The van der Waals surface area contributed by atoms with Gasteiger partial charge in [0.1, 0.15) is 0 Å². The summed E-state index contributed by atoms with van der Waals surface area (Å²) in [4.78, 5) is 15.5. The van der Waals surface area contributed by atoms with Crippen LogP contribution in [0.4, 0.5) is 0 Å². The monoisotopic (exact) mass is 270 g/mol. The smallest absolute Gasteiger partial charge is 0.305 e. The zero-order valence-corrected chi connectivity index (χ0v) is 11.7. The summed E-state index contributed by atoms with van der Waals surface area (Å²) in [6, 6.07) is 0. The number of nitrogens with zero attached hydrogens (tertiary/aromatic N) is 2. The highest BCUT2D eigenvalue weighted by Gasteiger charge is 2.20. The maximum Gasteiger partial charge on any atom is 0.305 e. The van der Waals surface area contributed by atoms with Crippen LogP contribution in [0, 0.1) is 0 Å². The van der Waals surface area contributed by atoms with Gasteiger partial charge in [-0.15, -0.1) is 0 Å². The Bertz CT molecular complexity index is 272. The highest BCUT2D eigenvalue weighted by Crippen LogP contribution is 2.14. The van der Waals surface area contributed by atoms with Gasteiger partial charge in [-0.1, -0.05) is 0 Å². The SMILES string of the molecule is O=C(O)CCOC1CCN(CCN2CCCC2)CC1. The van der Waals surface area contributed by atoms with E-state index in [4.69, 9.17) is 9.84 Å². The van der Waals surface area contributed by atoms with Crippen LogP contribution in [0.25, 0.3) is 0 Å². The fourth-order valence-electron chi connectivity index (χ4n) is 2.90. The highest BCUT2D eigenvalue weighted by molar-refractivity contribution is 5.66. The van der Waals surface area contributed by atoms with Crippen LogP contribution in [0.5, 0.6) is 0 Å². The van der Waals surface area contributed by atoms with Gasteiger partial charge < -0.3 is 19.6 Å². The lowest BCUT2D eigenvalue weighted by Gasteiger charge is -2.32. The van der Waals surface area contributed by atoms with Crippen molar-refractivity contribution in [2.24, 2.45) is 0 Å². The summed E-state index contributed by atoms with van der Waals surface area (Å²) in [5, 5.41) is 8.57. The maximum atomic E-state index is 10.4. The van der Waals surface area contributed by atoms with Crippen LogP contribution < -0.4 is 0 Å². The van der Waals surface area contributed by atoms with Crippen molar-refractivity contribution < 1.29 is 14.6 Å². The van der Waals surface area contributed by atoms with Crippen molar-refractivity contribution in [2.75, 3.05) is 45.9 Å². The van der Waals surface area contributed by atoms with Gasteiger partial charge in [0.05, 0.1) is 19.1 Å². The second-order valence-electron chi connectivity index (χ2n) is 5.60. The summed E-state index contributed by atoms with van der Waals surface area (Å²) in [5.74, 6) is -0.775. The van der Waals surface area contributed by atoms with Gasteiger partial charge in [0, 0.05) is 26.2 Å². The first-order valence-corrected chi connectivity index (χ1v) is 7.52. The Labute approximate surface area is 115 Å². The van der Waals surface area contributed by atoms with Gasteiger partial charge in [0.2, 0.25) is 0 Å². The molecule has 110 valence electrons. The van der Waals surface area contributed by atoms with Crippen LogP contribution in [-0.4, -0.2) is 72.9 Å². The van der Waals surface area contributed by atoms with Gasteiger partial charge in [0.25, 0.3) is 0 Å². The van der Waals surface area contributed by atoms with Crippen molar-refractivity contribution in [1.29, 1.82) is 0 Å². The van der Waals surface area contributed by atoms with Crippen LogP contribution in [0.2, 0.25) is 0 Å². The fraction of sp³-hybridized carbons (Fsp3) is 0.929. The third-order valence-electron chi connectivity index (χ3n) is 4.14. The first kappa shape index (κ1) is 14.8. The van der Waals surface area contributed by atoms with Gasteiger partial charge in [-0.05, 0) is 38.8 Å². The zero-order chi connectivity index (χ0) is 13.5. The van der Waals surface area contributed by atoms with E-state index in [1.54, 1.807) is 0 Å². The first-order chi connectivity index (χ1) is 9.24. The second kappa shape index (κ2) is 7.82. The fourth-order valence-corrected chi connectivity index (χ4v) is 2.90. The summed E-state index contributed by atoms with van der Waals surface area (Å²) in [6.45, 7) is 7.45. The molecule has 2 aliphatic rings. The van der Waals surface area contributed by atoms with Gasteiger partial charge in [0.15, 0.2) is 0 Å². The molecular weight excluding hydrogens is 244 g/mol. The molecule has 2 fully saturated rings. The van der Waals surface area contributed by atoms with E-state index in [1.807, 2.05) is 0 Å². The zero-order valence-electron chi connectivity index (χ0n) is 11.7. The molecule has 2 rings (SSSR count). The number of piperidine rings is 1. The molecular formula is C14H26N2O3. The summed E-state index contributed by atoms with van der Waals surface area (Å²) >= 11 is 0. The quantitative estimate of drug-likeness (QED) is 0.749. The van der Waals surface area contributed by atoms with E-state index in [1.165, 1.54) is 39.0 Å². The molecule has 2 heterocycles. The summed E-state index contributed by atoms with van der Waals surface area (Å²) < 4.78 is 5.60. The number of carboxylic acid groups (broad SMARTS) is 1. The number of rotatable bonds is 7.